The molecule has 0 amide bonds. The number of hydrogen-bond donors (Lipinski definition) is 0. The monoisotopic (exact) mass is 273 g/mol. The molecule has 0 N–H and O–H groups in total. The van der Waals surface area contributed by atoms with Crippen LogP contribution in [-0.2, 0) is 13.1 Å². The molecule has 104 valence electrons. The Labute approximate surface area is 125 Å². The molecule has 0 atom stereocenters. The average Bonchev–Trinajstić information content (AvgIpc) is 2.90. The lowest BCUT2D eigenvalue weighted by atomic mass is 10.0. The summed E-state index contributed by atoms with van der Waals surface area (Å²) in [6, 6.07) is 20.0. The van der Waals surface area contributed by atoms with Gasteiger partial charge in [-0.2, -0.15) is 0 Å². The first-order chi connectivity index (χ1) is 10.2. The van der Waals surface area contributed by atoms with Gasteiger partial charge in [0.05, 0.1) is 0 Å². The van der Waals surface area contributed by atoms with Crippen molar-refractivity contribution in [3.05, 3.63) is 76.9 Å². The van der Waals surface area contributed by atoms with Crippen LogP contribution in [0.5, 0.6) is 0 Å². The first-order valence-corrected chi connectivity index (χ1v) is 7.53. The number of aryl methyl sites for hydroxylation is 2. The van der Waals surface area contributed by atoms with Crippen LogP contribution in [0.2, 0.25) is 0 Å². The summed E-state index contributed by atoms with van der Waals surface area (Å²) >= 11 is 0. The fraction of sp³-hybridized carbons (Fsp3) is 0.200. The second-order valence-corrected chi connectivity index (χ2v) is 6.09. The van der Waals surface area contributed by atoms with Gasteiger partial charge in [-0.05, 0) is 59.0 Å². The number of hydrogen-bond acceptors (Lipinski definition) is 1. The second kappa shape index (κ2) is 4.63. The number of rotatable bonds is 1. The number of benzene rings is 3. The summed E-state index contributed by atoms with van der Waals surface area (Å²) in [6.45, 7) is 6.45. The Morgan fingerprint density at radius 3 is 2.00 bits per heavy atom. The van der Waals surface area contributed by atoms with Crippen LogP contribution in [0, 0.1) is 13.8 Å². The molecule has 1 aliphatic rings. The highest BCUT2D eigenvalue weighted by Gasteiger charge is 2.20. The minimum atomic E-state index is 1.02. The highest BCUT2D eigenvalue weighted by molar-refractivity contribution is 5.86. The predicted octanol–water partition coefficient (Wildman–Crippen LogP) is 4.98. The van der Waals surface area contributed by atoms with E-state index in [-0.39, 0.29) is 0 Å². The molecular formula is C20H19N. The molecule has 0 spiro atoms. The van der Waals surface area contributed by atoms with Crippen LogP contribution >= 0.6 is 0 Å². The van der Waals surface area contributed by atoms with Gasteiger partial charge in [-0.15, -0.1) is 0 Å². The van der Waals surface area contributed by atoms with Crippen LogP contribution in [0.3, 0.4) is 0 Å². The third kappa shape index (κ3) is 2.09. The van der Waals surface area contributed by atoms with Gasteiger partial charge in [0.2, 0.25) is 0 Å². The van der Waals surface area contributed by atoms with Crippen molar-refractivity contribution >= 4 is 16.5 Å². The smallest absolute Gasteiger partial charge is 0.0436 e. The lowest BCUT2D eigenvalue weighted by Crippen LogP contribution is -2.14. The van der Waals surface area contributed by atoms with Gasteiger partial charge in [-0.3, -0.25) is 0 Å². The maximum atomic E-state index is 2.47. The van der Waals surface area contributed by atoms with Crippen molar-refractivity contribution in [3.63, 3.8) is 0 Å². The molecule has 0 bridgehead atoms. The zero-order valence-corrected chi connectivity index (χ0v) is 12.6. The lowest BCUT2D eigenvalue weighted by Gasteiger charge is -2.18. The van der Waals surface area contributed by atoms with Crippen LogP contribution in [-0.4, -0.2) is 0 Å². The van der Waals surface area contributed by atoms with Crippen molar-refractivity contribution < 1.29 is 0 Å². The molecule has 3 aromatic carbocycles. The third-order valence-corrected chi connectivity index (χ3v) is 4.64. The van der Waals surface area contributed by atoms with E-state index in [9.17, 15) is 0 Å². The molecule has 4 rings (SSSR count). The summed E-state index contributed by atoms with van der Waals surface area (Å²) in [4.78, 5) is 2.47. The van der Waals surface area contributed by atoms with E-state index in [0.29, 0.717) is 0 Å². The topological polar surface area (TPSA) is 3.24 Å². The van der Waals surface area contributed by atoms with E-state index in [1.165, 1.54) is 38.7 Å². The summed E-state index contributed by atoms with van der Waals surface area (Å²) in [5.41, 5.74) is 7.07. The van der Waals surface area contributed by atoms with Crippen LogP contribution in [0.25, 0.3) is 10.8 Å². The molecule has 0 radical (unpaired) electrons. The molecule has 1 nitrogen and oxygen atoms in total. The Kier molecular flexibility index (Phi) is 2.75. The van der Waals surface area contributed by atoms with E-state index in [2.05, 4.69) is 73.3 Å². The maximum Gasteiger partial charge on any atom is 0.0436 e. The summed E-state index contributed by atoms with van der Waals surface area (Å²) < 4.78 is 0. The Morgan fingerprint density at radius 1 is 0.714 bits per heavy atom. The van der Waals surface area contributed by atoms with Gasteiger partial charge in [0.1, 0.15) is 0 Å². The third-order valence-electron chi connectivity index (χ3n) is 4.64. The van der Waals surface area contributed by atoms with E-state index in [0.717, 1.165) is 13.1 Å². The molecular weight excluding hydrogens is 254 g/mol. The number of anilines is 1. The van der Waals surface area contributed by atoms with E-state index in [1.54, 1.807) is 0 Å². The maximum absolute atomic E-state index is 2.47. The predicted molar refractivity (Wildman–Crippen MR) is 89.8 cm³/mol. The molecule has 0 fully saturated rings. The molecule has 0 saturated carbocycles. The molecule has 21 heavy (non-hydrogen) atoms. The van der Waals surface area contributed by atoms with Crippen LogP contribution in [0.1, 0.15) is 22.3 Å². The Hall–Kier alpha value is -2.28. The minimum absolute atomic E-state index is 1.02. The highest BCUT2D eigenvalue weighted by atomic mass is 15.1. The van der Waals surface area contributed by atoms with E-state index in [4.69, 9.17) is 0 Å². The van der Waals surface area contributed by atoms with Gasteiger partial charge in [-0.1, -0.05) is 42.5 Å². The molecule has 0 aliphatic carbocycles. The van der Waals surface area contributed by atoms with Crippen molar-refractivity contribution in [3.8, 4) is 0 Å². The molecule has 3 aromatic rings. The quantitative estimate of drug-likeness (QED) is 0.604. The van der Waals surface area contributed by atoms with Crippen LogP contribution < -0.4 is 4.90 Å². The van der Waals surface area contributed by atoms with E-state index < -0.39 is 0 Å². The molecule has 0 saturated heterocycles. The minimum Gasteiger partial charge on any atom is -0.363 e. The van der Waals surface area contributed by atoms with Crippen molar-refractivity contribution in [1.82, 2.24) is 0 Å². The van der Waals surface area contributed by atoms with Crippen LogP contribution in [0.15, 0.2) is 54.6 Å². The zero-order valence-electron chi connectivity index (χ0n) is 12.6. The van der Waals surface area contributed by atoms with E-state index >= 15 is 0 Å². The summed E-state index contributed by atoms with van der Waals surface area (Å²) in [7, 11) is 0. The van der Waals surface area contributed by atoms with Crippen molar-refractivity contribution in [2.24, 2.45) is 0 Å². The first kappa shape index (κ1) is 12.5. The Morgan fingerprint density at radius 2 is 1.33 bits per heavy atom. The summed E-state index contributed by atoms with van der Waals surface area (Å²) in [6.07, 6.45) is 0. The van der Waals surface area contributed by atoms with Gasteiger partial charge in [0.15, 0.2) is 0 Å². The van der Waals surface area contributed by atoms with Gasteiger partial charge in [-0.25, -0.2) is 0 Å². The number of fused-ring (bicyclic) bond motifs is 2. The standard InChI is InChI=1S/C20H19N/c1-14-9-18-12-21(13-19(18)10-15(14)2)20-8-7-16-5-3-4-6-17(16)11-20/h3-11H,12-13H2,1-2H3. The van der Waals surface area contributed by atoms with Gasteiger partial charge in [0.25, 0.3) is 0 Å². The molecule has 1 heteroatoms. The van der Waals surface area contributed by atoms with Crippen molar-refractivity contribution in [2.45, 2.75) is 26.9 Å². The Bertz CT molecular complexity index is 801. The van der Waals surface area contributed by atoms with Gasteiger partial charge in [0, 0.05) is 18.8 Å². The molecule has 1 aliphatic heterocycles. The lowest BCUT2D eigenvalue weighted by molar-refractivity contribution is 0.881. The fourth-order valence-electron chi connectivity index (χ4n) is 3.25. The van der Waals surface area contributed by atoms with Gasteiger partial charge >= 0.3 is 0 Å². The Balaban J connectivity index is 1.71. The number of nitrogens with zero attached hydrogens (tertiary/aromatic N) is 1. The normalized spacial score (nSPS) is 13.7. The highest BCUT2D eigenvalue weighted by Crippen LogP contribution is 2.31. The van der Waals surface area contributed by atoms with E-state index in [1.807, 2.05) is 0 Å². The molecule has 0 aromatic heterocycles. The van der Waals surface area contributed by atoms with Crippen molar-refractivity contribution in [1.29, 1.82) is 0 Å². The zero-order chi connectivity index (χ0) is 14.4. The summed E-state index contributed by atoms with van der Waals surface area (Å²) in [5.74, 6) is 0. The average molecular weight is 273 g/mol. The first-order valence-electron chi connectivity index (χ1n) is 7.53. The van der Waals surface area contributed by atoms with Crippen molar-refractivity contribution in [2.75, 3.05) is 4.90 Å². The second-order valence-electron chi connectivity index (χ2n) is 6.09. The SMILES string of the molecule is Cc1cc2c(cc1C)CN(c1ccc3ccccc3c1)C2. The largest absolute Gasteiger partial charge is 0.363 e. The van der Waals surface area contributed by atoms with Gasteiger partial charge < -0.3 is 4.90 Å². The fourth-order valence-corrected chi connectivity index (χ4v) is 3.25. The molecule has 1 heterocycles. The molecule has 0 unspecified atom stereocenters. The van der Waals surface area contributed by atoms with Crippen LogP contribution in [0.4, 0.5) is 5.69 Å². The summed E-state index contributed by atoms with van der Waals surface area (Å²) in [5, 5.41) is 2.63.